The molecule has 1 nitrogen and oxygen atoms in total. The lowest BCUT2D eigenvalue weighted by atomic mass is 10.2. The molecule has 0 unspecified atom stereocenters. The van der Waals surface area contributed by atoms with Crippen LogP contribution in [0.4, 0.5) is 0 Å². The molecule has 0 aliphatic carbocycles. The third kappa shape index (κ3) is 2.78. The summed E-state index contributed by atoms with van der Waals surface area (Å²) < 4.78 is 0. The molecule has 0 spiro atoms. The minimum atomic E-state index is 0.865. The molecule has 0 fully saturated rings. The lowest BCUT2D eigenvalue weighted by Crippen LogP contribution is -1.93. The first kappa shape index (κ1) is 7.67. The lowest BCUT2D eigenvalue weighted by Gasteiger charge is -1.95. The van der Waals surface area contributed by atoms with Crippen LogP contribution < -0.4 is 0 Å². The van der Waals surface area contributed by atoms with E-state index in [1.807, 2.05) is 7.05 Å². The molecule has 0 bridgehead atoms. The Kier molecular flexibility index (Phi) is 4.62. The molecular weight excluding hydrogens is 98.1 g/mol. The number of aliphatic imine (C=N–C) groups is 1. The van der Waals surface area contributed by atoms with E-state index in [2.05, 4.69) is 18.8 Å². The van der Waals surface area contributed by atoms with Gasteiger partial charge in [0.05, 0.1) is 0 Å². The molecule has 8 heavy (non-hydrogen) atoms. The molecule has 0 heterocycles. The summed E-state index contributed by atoms with van der Waals surface area (Å²) >= 11 is 0. The van der Waals surface area contributed by atoms with Gasteiger partial charge in [-0.3, -0.25) is 4.99 Å². The van der Waals surface area contributed by atoms with E-state index in [0.717, 1.165) is 12.8 Å². The zero-order valence-corrected chi connectivity index (χ0v) is 5.78. The number of hydrogen-bond acceptors (Lipinski definition) is 1. The fourth-order valence-electron chi connectivity index (χ4n) is 0.637. The highest BCUT2D eigenvalue weighted by Gasteiger charge is 1.89. The van der Waals surface area contributed by atoms with E-state index in [0.29, 0.717) is 0 Å². The van der Waals surface area contributed by atoms with Crippen LogP contribution >= 0.6 is 0 Å². The zero-order chi connectivity index (χ0) is 6.41. The number of nitrogens with zero attached hydrogens (tertiary/aromatic N) is 1. The molecule has 1 radical (unpaired) electrons. The van der Waals surface area contributed by atoms with E-state index in [1.54, 1.807) is 0 Å². The second-order valence-corrected chi connectivity index (χ2v) is 1.79. The van der Waals surface area contributed by atoms with Gasteiger partial charge in [-0.2, -0.15) is 0 Å². The van der Waals surface area contributed by atoms with Crippen LogP contribution in [-0.4, -0.2) is 12.8 Å². The summed E-state index contributed by atoms with van der Waals surface area (Å²) in [5.74, 6) is 0. The molecule has 0 rings (SSSR count). The smallest absolute Gasteiger partial charge is 0.0276 e. The molecule has 0 aromatic carbocycles. The van der Waals surface area contributed by atoms with Crippen molar-refractivity contribution in [2.75, 3.05) is 7.05 Å². The average Bonchev–Trinajstić information content (AvgIpc) is 1.83. The molecule has 0 saturated heterocycles. The minimum Gasteiger partial charge on any atom is -0.297 e. The second-order valence-electron chi connectivity index (χ2n) is 1.79. The maximum Gasteiger partial charge on any atom is 0.0276 e. The standard InChI is InChI=1S/C7H14N/c1-4-6-7(5-2)8-3/h2,4-6H2,1,3H3/b8-7+. The summed E-state index contributed by atoms with van der Waals surface area (Å²) in [4.78, 5) is 4.05. The van der Waals surface area contributed by atoms with E-state index in [9.17, 15) is 0 Å². The van der Waals surface area contributed by atoms with Crippen LogP contribution in [0.3, 0.4) is 0 Å². The van der Waals surface area contributed by atoms with Gasteiger partial charge < -0.3 is 0 Å². The topological polar surface area (TPSA) is 12.4 Å². The van der Waals surface area contributed by atoms with Gasteiger partial charge in [0.2, 0.25) is 0 Å². The van der Waals surface area contributed by atoms with Crippen LogP contribution in [0.25, 0.3) is 0 Å². The molecule has 0 saturated carbocycles. The molecule has 0 aromatic rings. The molecular formula is C7H14N. The van der Waals surface area contributed by atoms with Crippen molar-refractivity contribution in [3.63, 3.8) is 0 Å². The summed E-state index contributed by atoms with van der Waals surface area (Å²) in [5, 5.41) is 0. The van der Waals surface area contributed by atoms with Gasteiger partial charge in [-0.15, -0.1) is 0 Å². The maximum atomic E-state index is 4.05. The maximum absolute atomic E-state index is 4.05. The van der Waals surface area contributed by atoms with Crippen molar-refractivity contribution in [2.24, 2.45) is 4.99 Å². The first-order chi connectivity index (χ1) is 3.85. The Bertz CT molecular complexity index is 74.5. The average molecular weight is 112 g/mol. The number of hydrogen-bond donors (Lipinski definition) is 0. The fourth-order valence-corrected chi connectivity index (χ4v) is 0.637. The van der Waals surface area contributed by atoms with Crippen molar-refractivity contribution in [3.8, 4) is 0 Å². The SMILES string of the molecule is [CH2]C/C(CCC)=N\C. The highest BCUT2D eigenvalue weighted by Crippen LogP contribution is 1.94. The molecule has 0 N–H and O–H groups in total. The Hall–Kier alpha value is -0.330. The van der Waals surface area contributed by atoms with Gasteiger partial charge in [-0.25, -0.2) is 0 Å². The first-order valence-corrected chi connectivity index (χ1v) is 3.09. The van der Waals surface area contributed by atoms with Crippen molar-refractivity contribution < 1.29 is 0 Å². The van der Waals surface area contributed by atoms with Gasteiger partial charge in [0, 0.05) is 12.8 Å². The molecule has 1 heteroatoms. The van der Waals surface area contributed by atoms with Crippen LogP contribution in [0, 0.1) is 6.92 Å². The Morgan fingerprint density at radius 2 is 2.25 bits per heavy atom. The van der Waals surface area contributed by atoms with Crippen molar-refractivity contribution in [3.05, 3.63) is 6.92 Å². The van der Waals surface area contributed by atoms with Gasteiger partial charge in [0.25, 0.3) is 0 Å². The zero-order valence-electron chi connectivity index (χ0n) is 5.78. The van der Waals surface area contributed by atoms with Gasteiger partial charge in [0.1, 0.15) is 0 Å². The van der Waals surface area contributed by atoms with Gasteiger partial charge >= 0.3 is 0 Å². The molecule has 0 aliphatic heterocycles. The lowest BCUT2D eigenvalue weighted by molar-refractivity contribution is 0.973. The quantitative estimate of drug-likeness (QED) is 0.496. The molecule has 0 atom stereocenters. The van der Waals surface area contributed by atoms with E-state index in [-0.39, 0.29) is 0 Å². The molecule has 0 amide bonds. The minimum absolute atomic E-state index is 0.865. The summed E-state index contributed by atoms with van der Waals surface area (Å²) in [7, 11) is 1.83. The van der Waals surface area contributed by atoms with Crippen molar-refractivity contribution >= 4 is 5.71 Å². The summed E-state index contributed by atoms with van der Waals surface area (Å²) in [6.07, 6.45) is 3.16. The summed E-state index contributed by atoms with van der Waals surface area (Å²) in [6, 6.07) is 0. The van der Waals surface area contributed by atoms with Gasteiger partial charge in [-0.05, 0) is 19.8 Å². The Morgan fingerprint density at radius 1 is 1.62 bits per heavy atom. The van der Waals surface area contributed by atoms with Crippen molar-refractivity contribution in [2.45, 2.75) is 26.2 Å². The summed E-state index contributed by atoms with van der Waals surface area (Å²) in [6.45, 7) is 5.90. The third-order valence-electron chi connectivity index (χ3n) is 1.14. The van der Waals surface area contributed by atoms with Crippen LogP contribution in [0.2, 0.25) is 0 Å². The second kappa shape index (κ2) is 4.82. The number of rotatable bonds is 3. The van der Waals surface area contributed by atoms with Crippen molar-refractivity contribution in [1.29, 1.82) is 0 Å². The Labute approximate surface area is 51.8 Å². The highest BCUT2D eigenvalue weighted by molar-refractivity contribution is 5.84. The van der Waals surface area contributed by atoms with Gasteiger partial charge in [0.15, 0.2) is 0 Å². The van der Waals surface area contributed by atoms with Crippen LogP contribution in [0.5, 0.6) is 0 Å². The predicted octanol–water partition coefficient (Wildman–Crippen LogP) is 2.08. The van der Waals surface area contributed by atoms with E-state index < -0.39 is 0 Å². The van der Waals surface area contributed by atoms with Gasteiger partial charge in [-0.1, -0.05) is 13.3 Å². The first-order valence-electron chi connectivity index (χ1n) is 3.09. The summed E-state index contributed by atoms with van der Waals surface area (Å²) in [5.41, 5.74) is 1.23. The molecule has 47 valence electrons. The molecule has 0 aromatic heterocycles. The fraction of sp³-hybridized carbons (Fsp3) is 0.714. The van der Waals surface area contributed by atoms with E-state index in [4.69, 9.17) is 0 Å². The normalized spacial score (nSPS) is 12.1. The van der Waals surface area contributed by atoms with E-state index >= 15 is 0 Å². The van der Waals surface area contributed by atoms with Crippen LogP contribution in [0.15, 0.2) is 4.99 Å². The van der Waals surface area contributed by atoms with Crippen molar-refractivity contribution in [1.82, 2.24) is 0 Å². The highest BCUT2D eigenvalue weighted by atomic mass is 14.7. The molecule has 0 aliphatic rings. The van der Waals surface area contributed by atoms with Crippen LogP contribution in [0.1, 0.15) is 26.2 Å². The predicted molar refractivity (Wildman–Crippen MR) is 38.2 cm³/mol. The third-order valence-corrected chi connectivity index (χ3v) is 1.14. The largest absolute Gasteiger partial charge is 0.297 e. The Balaban J connectivity index is 3.38. The Morgan fingerprint density at radius 3 is 2.38 bits per heavy atom. The van der Waals surface area contributed by atoms with Crippen LogP contribution in [-0.2, 0) is 0 Å². The van der Waals surface area contributed by atoms with E-state index in [1.165, 1.54) is 12.1 Å². The monoisotopic (exact) mass is 112 g/mol.